The smallest absolute Gasteiger partial charge is 0.408 e. The van der Waals surface area contributed by atoms with Crippen molar-refractivity contribution in [1.82, 2.24) is 15.5 Å². The average molecular weight is 550 g/mol. The van der Waals surface area contributed by atoms with Gasteiger partial charge >= 0.3 is 12.1 Å². The Morgan fingerprint density at radius 2 is 1.72 bits per heavy atom. The molecular formula is C29H47N3O7. The number of hydrogen-bond acceptors (Lipinski definition) is 7. The van der Waals surface area contributed by atoms with E-state index in [1.165, 1.54) is 11.0 Å². The zero-order valence-electron chi connectivity index (χ0n) is 24.5. The second kappa shape index (κ2) is 16.6. The molecule has 3 unspecified atom stereocenters. The summed E-state index contributed by atoms with van der Waals surface area (Å²) in [5.74, 6) is -1.87. The van der Waals surface area contributed by atoms with Crippen molar-refractivity contribution in [3.8, 4) is 5.75 Å². The van der Waals surface area contributed by atoms with Crippen LogP contribution in [0.4, 0.5) is 4.79 Å². The van der Waals surface area contributed by atoms with Crippen LogP contribution in [0.2, 0.25) is 0 Å². The molecule has 0 aliphatic rings. The number of phenolic OH excluding ortho intramolecular Hbond substituents is 1. The number of rotatable bonds is 15. The lowest BCUT2D eigenvalue weighted by atomic mass is 9.95. The summed E-state index contributed by atoms with van der Waals surface area (Å²) < 4.78 is 10.3. The molecule has 3 amide bonds. The number of benzene rings is 1. The molecule has 39 heavy (non-hydrogen) atoms. The first kappa shape index (κ1) is 33.7. The maximum absolute atomic E-state index is 14.2. The van der Waals surface area contributed by atoms with Gasteiger partial charge in [-0.25, -0.2) is 4.79 Å². The van der Waals surface area contributed by atoms with Gasteiger partial charge in [0.15, 0.2) is 0 Å². The van der Waals surface area contributed by atoms with E-state index in [1.807, 2.05) is 20.8 Å². The number of hydrogen-bond donors (Lipinski definition) is 3. The van der Waals surface area contributed by atoms with Crippen LogP contribution >= 0.6 is 0 Å². The van der Waals surface area contributed by atoms with Crippen molar-refractivity contribution in [3.05, 3.63) is 29.8 Å². The lowest BCUT2D eigenvalue weighted by Crippen LogP contribution is -2.55. The molecule has 0 aliphatic heterocycles. The monoisotopic (exact) mass is 549 g/mol. The minimum atomic E-state index is -1.19. The topological polar surface area (TPSA) is 134 Å². The number of carbonyl (C=O) groups is 4. The van der Waals surface area contributed by atoms with Gasteiger partial charge < -0.3 is 30.1 Å². The number of nitrogens with one attached hydrogen (secondary N) is 2. The molecule has 0 aliphatic carbocycles. The molecule has 3 N–H and O–H groups in total. The van der Waals surface area contributed by atoms with E-state index < -0.39 is 41.6 Å². The third-order valence-corrected chi connectivity index (χ3v) is 6.16. The van der Waals surface area contributed by atoms with Gasteiger partial charge in [-0.15, -0.1) is 0 Å². The predicted molar refractivity (Wildman–Crippen MR) is 149 cm³/mol. The first-order valence-electron chi connectivity index (χ1n) is 13.9. The summed E-state index contributed by atoms with van der Waals surface area (Å²) in [5, 5.41) is 16.1. The number of para-hydroxylation sites is 1. The third kappa shape index (κ3) is 11.5. The van der Waals surface area contributed by atoms with Gasteiger partial charge in [0.05, 0.1) is 13.0 Å². The highest BCUT2D eigenvalue weighted by Gasteiger charge is 2.38. The zero-order valence-corrected chi connectivity index (χ0v) is 24.5. The quantitative estimate of drug-likeness (QED) is 0.217. The fraction of sp³-hybridized carbons (Fsp3) is 0.655. The van der Waals surface area contributed by atoms with Crippen molar-refractivity contribution in [1.29, 1.82) is 0 Å². The van der Waals surface area contributed by atoms with Crippen LogP contribution in [0.3, 0.4) is 0 Å². The minimum absolute atomic E-state index is 0.00367. The van der Waals surface area contributed by atoms with Crippen LogP contribution in [-0.4, -0.2) is 65.2 Å². The molecule has 0 saturated carbocycles. The van der Waals surface area contributed by atoms with Gasteiger partial charge in [0.25, 0.3) is 0 Å². The summed E-state index contributed by atoms with van der Waals surface area (Å²) in [5.41, 5.74) is -0.512. The van der Waals surface area contributed by atoms with E-state index >= 15 is 0 Å². The van der Waals surface area contributed by atoms with Crippen LogP contribution in [0.5, 0.6) is 5.75 Å². The highest BCUT2D eigenvalue weighted by Crippen LogP contribution is 2.31. The molecule has 10 nitrogen and oxygen atoms in total. The molecule has 1 aromatic carbocycles. The van der Waals surface area contributed by atoms with Crippen molar-refractivity contribution in [3.63, 3.8) is 0 Å². The van der Waals surface area contributed by atoms with Crippen LogP contribution in [0.25, 0.3) is 0 Å². The summed E-state index contributed by atoms with van der Waals surface area (Å²) >= 11 is 0. The van der Waals surface area contributed by atoms with Crippen molar-refractivity contribution in [2.24, 2.45) is 5.92 Å². The number of phenols is 1. The molecule has 0 heterocycles. The van der Waals surface area contributed by atoms with Crippen molar-refractivity contribution in [2.45, 2.75) is 98.3 Å². The first-order valence-corrected chi connectivity index (χ1v) is 13.9. The molecule has 1 aromatic rings. The normalized spacial score (nSPS) is 13.5. The number of aromatic hydroxyl groups is 1. The summed E-state index contributed by atoms with van der Waals surface area (Å²) in [6.07, 6.45) is 2.14. The van der Waals surface area contributed by atoms with Gasteiger partial charge in [-0.05, 0) is 46.1 Å². The molecule has 220 valence electrons. The minimum Gasteiger partial charge on any atom is -0.508 e. The number of ether oxygens (including phenoxy) is 2. The van der Waals surface area contributed by atoms with Gasteiger partial charge in [-0.2, -0.15) is 0 Å². The summed E-state index contributed by atoms with van der Waals surface area (Å²) in [6.45, 7) is 13.1. The number of esters is 1. The number of amides is 3. The summed E-state index contributed by atoms with van der Waals surface area (Å²) in [6, 6.07) is 4.19. The van der Waals surface area contributed by atoms with E-state index in [0.29, 0.717) is 12.8 Å². The average Bonchev–Trinajstić information content (AvgIpc) is 2.86. The first-order chi connectivity index (χ1) is 18.4. The van der Waals surface area contributed by atoms with Gasteiger partial charge in [0.2, 0.25) is 11.8 Å². The predicted octanol–water partition coefficient (Wildman–Crippen LogP) is 4.46. The molecule has 0 aromatic heterocycles. The highest BCUT2D eigenvalue weighted by atomic mass is 16.6. The Bertz CT molecular complexity index is 945. The molecular weight excluding hydrogens is 502 g/mol. The van der Waals surface area contributed by atoms with Gasteiger partial charge in [0.1, 0.15) is 23.4 Å². The van der Waals surface area contributed by atoms with Crippen LogP contribution < -0.4 is 10.6 Å². The molecule has 3 atom stereocenters. The lowest BCUT2D eigenvalue weighted by Gasteiger charge is -2.36. The number of nitrogens with zero attached hydrogens (tertiary/aromatic N) is 1. The van der Waals surface area contributed by atoms with E-state index in [-0.39, 0.29) is 43.3 Å². The highest BCUT2D eigenvalue weighted by molar-refractivity contribution is 5.92. The third-order valence-electron chi connectivity index (χ3n) is 6.16. The van der Waals surface area contributed by atoms with Gasteiger partial charge in [-0.1, -0.05) is 58.2 Å². The second-order valence-corrected chi connectivity index (χ2v) is 10.6. The molecule has 0 radical (unpaired) electrons. The number of alkyl carbamates (subject to hydrolysis) is 1. The maximum Gasteiger partial charge on any atom is 0.408 e. The number of carbonyl (C=O) groups excluding carboxylic acids is 4. The molecule has 10 heteroatoms. The van der Waals surface area contributed by atoms with E-state index in [4.69, 9.17) is 9.47 Å². The maximum atomic E-state index is 14.2. The Hall–Kier alpha value is -3.30. The van der Waals surface area contributed by atoms with E-state index in [1.54, 1.807) is 45.9 Å². The Balaban J connectivity index is 3.46. The molecule has 1 rings (SSSR count). The fourth-order valence-electron chi connectivity index (χ4n) is 3.98. The Morgan fingerprint density at radius 3 is 2.28 bits per heavy atom. The van der Waals surface area contributed by atoms with Crippen molar-refractivity contribution in [2.75, 3.05) is 19.7 Å². The van der Waals surface area contributed by atoms with E-state index in [0.717, 1.165) is 12.8 Å². The summed E-state index contributed by atoms with van der Waals surface area (Å²) in [7, 11) is 0. The Labute approximate surface area is 232 Å². The molecule has 0 saturated heterocycles. The van der Waals surface area contributed by atoms with E-state index in [9.17, 15) is 24.3 Å². The zero-order chi connectivity index (χ0) is 29.6. The molecule has 0 fully saturated rings. The Morgan fingerprint density at radius 1 is 1.05 bits per heavy atom. The van der Waals surface area contributed by atoms with Gasteiger partial charge in [-0.3, -0.25) is 14.4 Å². The summed E-state index contributed by atoms with van der Waals surface area (Å²) in [4.78, 5) is 53.7. The SMILES string of the molecule is CCCCCN(C(=O)C(NC(=O)OC(C)(C)C)C(C)CC)C(C(=O)NCCC(=O)OCC)c1ccccc1O. The Kier molecular flexibility index (Phi) is 14.4. The van der Waals surface area contributed by atoms with Crippen molar-refractivity contribution < 1.29 is 33.8 Å². The standard InChI is InChI=1S/C29H47N3O7/c1-8-11-14-19-32(27(36)24(20(4)9-2)31-28(37)39-29(5,6)7)25(21-15-12-13-16-22(21)33)26(35)30-18-17-23(34)38-10-3/h12-13,15-16,20,24-25,33H,8-11,14,17-19H2,1-7H3,(H,30,35)(H,31,37). The lowest BCUT2D eigenvalue weighted by molar-refractivity contribution is -0.145. The molecule has 0 spiro atoms. The van der Waals surface area contributed by atoms with Crippen LogP contribution in [0.1, 0.15) is 92.2 Å². The molecule has 0 bridgehead atoms. The van der Waals surface area contributed by atoms with Crippen molar-refractivity contribution >= 4 is 23.9 Å². The van der Waals surface area contributed by atoms with E-state index in [2.05, 4.69) is 10.6 Å². The number of unbranched alkanes of at least 4 members (excludes halogenated alkanes) is 2. The van der Waals surface area contributed by atoms with Gasteiger partial charge in [0, 0.05) is 18.7 Å². The second-order valence-electron chi connectivity index (χ2n) is 10.6. The van der Waals surface area contributed by atoms with Crippen LogP contribution in [0.15, 0.2) is 24.3 Å². The fourth-order valence-corrected chi connectivity index (χ4v) is 3.98. The van der Waals surface area contributed by atoms with Crippen LogP contribution in [0, 0.1) is 5.92 Å². The largest absolute Gasteiger partial charge is 0.508 e. The van der Waals surface area contributed by atoms with Crippen LogP contribution in [-0.2, 0) is 23.9 Å².